The van der Waals surface area contributed by atoms with E-state index in [1.165, 1.54) is 25.1 Å². The highest BCUT2D eigenvalue weighted by Crippen LogP contribution is 2.20. The Labute approximate surface area is 126 Å². The minimum atomic E-state index is 0.135. The van der Waals surface area contributed by atoms with Gasteiger partial charge in [-0.15, -0.1) is 0 Å². The van der Waals surface area contributed by atoms with Gasteiger partial charge in [-0.05, 0) is 56.1 Å². The average molecular weight is 279 g/mol. The predicted octanol–water partition coefficient (Wildman–Crippen LogP) is 3.74. The van der Waals surface area contributed by atoms with E-state index in [1.807, 2.05) is 50.2 Å². The molecule has 3 rings (SSSR count). The van der Waals surface area contributed by atoms with Crippen molar-refractivity contribution in [3.8, 4) is 0 Å². The minimum absolute atomic E-state index is 0.135. The molecule has 2 aromatic rings. The summed E-state index contributed by atoms with van der Waals surface area (Å²) in [7, 11) is 0. The Kier molecular flexibility index (Phi) is 3.89. The van der Waals surface area contributed by atoms with Crippen LogP contribution in [0.1, 0.15) is 39.0 Å². The standard InChI is InChI=1S/C19H21NO/c1-14-6-3-7-15(2)18(14)19(21)17-9-4-8-16(12-17)13-20-10-5-11-20/h3-4,6-9,12H,5,10-11,13H2,1-2H3. The van der Waals surface area contributed by atoms with Gasteiger partial charge in [0.2, 0.25) is 0 Å². The summed E-state index contributed by atoms with van der Waals surface area (Å²) in [5.41, 5.74) is 4.97. The summed E-state index contributed by atoms with van der Waals surface area (Å²) in [5, 5.41) is 0. The highest BCUT2D eigenvalue weighted by atomic mass is 16.1. The maximum Gasteiger partial charge on any atom is 0.193 e. The fourth-order valence-electron chi connectivity index (χ4n) is 2.93. The van der Waals surface area contributed by atoms with Crippen molar-refractivity contribution in [3.05, 3.63) is 70.3 Å². The molecule has 0 saturated carbocycles. The smallest absolute Gasteiger partial charge is 0.193 e. The van der Waals surface area contributed by atoms with E-state index in [4.69, 9.17) is 0 Å². The van der Waals surface area contributed by atoms with Crippen molar-refractivity contribution in [2.45, 2.75) is 26.8 Å². The fourth-order valence-corrected chi connectivity index (χ4v) is 2.93. The van der Waals surface area contributed by atoms with Crippen LogP contribution in [-0.4, -0.2) is 23.8 Å². The van der Waals surface area contributed by atoms with Crippen LogP contribution in [0.2, 0.25) is 0 Å². The largest absolute Gasteiger partial charge is 0.299 e. The van der Waals surface area contributed by atoms with Crippen molar-refractivity contribution in [3.63, 3.8) is 0 Å². The van der Waals surface area contributed by atoms with Crippen LogP contribution in [0.4, 0.5) is 0 Å². The van der Waals surface area contributed by atoms with Gasteiger partial charge in [0, 0.05) is 17.7 Å². The average Bonchev–Trinajstić information content (AvgIpc) is 2.43. The SMILES string of the molecule is Cc1cccc(C)c1C(=O)c1cccc(CN2CCC2)c1. The van der Waals surface area contributed by atoms with E-state index in [9.17, 15) is 4.79 Å². The highest BCUT2D eigenvalue weighted by molar-refractivity contribution is 6.10. The van der Waals surface area contributed by atoms with Crippen molar-refractivity contribution < 1.29 is 4.79 Å². The molecule has 1 fully saturated rings. The summed E-state index contributed by atoms with van der Waals surface area (Å²) < 4.78 is 0. The molecule has 1 heterocycles. The lowest BCUT2D eigenvalue weighted by molar-refractivity contribution is 0.103. The fraction of sp³-hybridized carbons (Fsp3) is 0.316. The topological polar surface area (TPSA) is 20.3 Å². The van der Waals surface area contributed by atoms with Crippen LogP contribution in [0.5, 0.6) is 0 Å². The lowest BCUT2D eigenvalue weighted by atomic mass is 9.94. The number of ketones is 1. The van der Waals surface area contributed by atoms with Crippen LogP contribution in [-0.2, 0) is 6.54 Å². The van der Waals surface area contributed by atoms with Gasteiger partial charge >= 0.3 is 0 Å². The van der Waals surface area contributed by atoms with Crippen LogP contribution < -0.4 is 0 Å². The molecule has 0 aromatic heterocycles. The molecule has 0 radical (unpaired) electrons. The molecule has 0 N–H and O–H groups in total. The molecule has 1 aliphatic rings. The van der Waals surface area contributed by atoms with Gasteiger partial charge in [-0.1, -0.05) is 36.4 Å². The quantitative estimate of drug-likeness (QED) is 0.795. The zero-order chi connectivity index (χ0) is 14.8. The van der Waals surface area contributed by atoms with Gasteiger partial charge in [-0.3, -0.25) is 9.69 Å². The molecule has 2 heteroatoms. The molecule has 108 valence electrons. The van der Waals surface area contributed by atoms with E-state index in [0.717, 1.165) is 28.8 Å². The Morgan fingerprint density at radius 2 is 1.71 bits per heavy atom. The number of rotatable bonds is 4. The Bertz CT molecular complexity index is 651. The molecule has 2 aromatic carbocycles. The lowest BCUT2D eigenvalue weighted by Gasteiger charge is -2.30. The van der Waals surface area contributed by atoms with Crippen molar-refractivity contribution in [2.75, 3.05) is 13.1 Å². The Balaban J connectivity index is 1.89. The van der Waals surface area contributed by atoms with Gasteiger partial charge in [0.05, 0.1) is 0 Å². The summed E-state index contributed by atoms with van der Waals surface area (Å²) in [6.45, 7) is 7.31. The molecule has 0 atom stereocenters. The number of hydrogen-bond donors (Lipinski definition) is 0. The number of carbonyl (C=O) groups is 1. The molecular formula is C19H21NO. The first-order chi connectivity index (χ1) is 10.1. The molecule has 0 unspecified atom stereocenters. The van der Waals surface area contributed by atoms with Crippen molar-refractivity contribution in [1.82, 2.24) is 4.90 Å². The van der Waals surface area contributed by atoms with E-state index in [2.05, 4.69) is 11.0 Å². The first kappa shape index (κ1) is 14.0. The number of benzene rings is 2. The normalized spacial score (nSPS) is 14.8. The number of nitrogens with zero attached hydrogens (tertiary/aromatic N) is 1. The first-order valence-corrected chi connectivity index (χ1v) is 7.57. The highest BCUT2D eigenvalue weighted by Gasteiger charge is 2.17. The number of hydrogen-bond acceptors (Lipinski definition) is 2. The number of carbonyl (C=O) groups excluding carboxylic acids is 1. The van der Waals surface area contributed by atoms with Crippen LogP contribution in [0.3, 0.4) is 0 Å². The summed E-state index contributed by atoms with van der Waals surface area (Å²) >= 11 is 0. The third-order valence-corrected chi connectivity index (χ3v) is 4.25. The first-order valence-electron chi connectivity index (χ1n) is 7.57. The second-order valence-electron chi connectivity index (χ2n) is 5.93. The molecule has 1 saturated heterocycles. The van der Waals surface area contributed by atoms with Crippen molar-refractivity contribution >= 4 is 5.78 Å². The number of aryl methyl sites for hydroxylation is 2. The molecule has 0 aliphatic carbocycles. The third kappa shape index (κ3) is 2.91. The molecule has 0 bridgehead atoms. The van der Waals surface area contributed by atoms with Crippen LogP contribution >= 0.6 is 0 Å². The van der Waals surface area contributed by atoms with Crippen LogP contribution in [0.25, 0.3) is 0 Å². The molecular weight excluding hydrogens is 258 g/mol. The van der Waals surface area contributed by atoms with Crippen LogP contribution in [0.15, 0.2) is 42.5 Å². The summed E-state index contributed by atoms with van der Waals surface area (Å²) in [6, 6.07) is 14.1. The Morgan fingerprint density at radius 1 is 1.05 bits per heavy atom. The van der Waals surface area contributed by atoms with Gasteiger partial charge in [0.1, 0.15) is 0 Å². The monoisotopic (exact) mass is 279 g/mol. The van der Waals surface area contributed by atoms with Crippen molar-refractivity contribution in [2.24, 2.45) is 0 Å². The van der Waals surface area contributed by atoms with E-state index >= 15 is 0 Å². The van der Waals surface area contributed by atoms with Gasteiger partial charge in [0.15, 0.2) is 5.78 Å². The Morgan fingerprint density at radius 3 is 2.33 bits per heavy atom. The second-order valence-corrected chi connectivity index (χ2v) is 5.93. The third-order valence-electron chi connectivity index (χ3n) is 4.25. The summed E-state index contributed by atoms with van der Waals surface area (Å²) in [6.07, 6.45) is 1.29. The molecule has 21 heavy (non-hydrogen) atoms. The molecule has 2 nitrogen and oxygen atoms in total. The van der Waals surface area contributed by atoms with E-state index in [1.54, 1.807) is 0 Å². The summed E-state index contributed by atoms with van der Waals surface area (Å²) in [5.74, 6) is 0.135. The van der Waals surface area contributed by atoms with Crippen molar-refractivity contribution in [1.29, 1.82) is 0 Å². The van der Waals surface area contributed by atoms with Crippen LogP contribution in [0, 0.1) is 13.8 Å². The van der Waals surface area contributed by atoms with Gasteiger partial charge in [-0.25, -0.2) is 0 Å². The van der Waals surface area contributed by atoms with Gasteiger partial charge < -0.3 is 0 Å². The number of likely N-dealkylation sites (tertiary alicyclic amines) is 1. The molecule has 0 amide bonds. The van der Waals surface area contributed by atoms with E-state index < -0.39 is 0 Å². The molecule has 0 spiro atoms. The van der Waals surface area contributed by atoms with E-state index in [-0.39, 0.29) is 5.78 Å². The minimum Gasteiger partial charge on any atom is -0.299 e. The Hall–Kier alpha value is -1.93. The zero-order valence-corrected chi connectivity index (χ0v) is 12.7. The van der Waals surface area contributed by atoms with Gasteiger partial charge in [0.25, 0.3) is 0 Å². The lowest BCUT2D eigenvalue weighted by Crippen LogP contribution is -2.36. The van der Waals surface area contributed by atoms with Gasteiger partial charge in [-0.2, -0.15) is 0 Å². The predicted molar refractivity (Wildman–Crippen MR) is 85.7 cm³/mol. The zero-order valence-electron chi connectivity index (χ0n) is 12.7. The maximum absolute atomic E-state index is 12.8. The second kappa shape index (κ2) is 5.82. The van der Waals surface area contributed by atoms with E-state index in [0.29, 0.717) is 0 Å². The summed E-state index contributed by atoms with van der Waals surface area (Å²) in [4.78, 5) is 15.2. The maximum atomic E-state index is 12.8. The molecule has 1 aliphatic heterocycles.